The van der Waals surface area contributed by atoms with E-state index in [2.05, 4.69) is 44.3 Å². The average Bonchev–Trinajstić information content (AvgIpc) is 1.50. The molecule has 12 aromatic rings. The average molecular weight is 1470 g/mol. The van der Waals surface area contributed by atoms with Crippen molar-refractivity contribution in [3.63, 3.8) is 0 Å². The van der Waals surface area contributed by atoms with Gasteiger partial charge in [-0.1, -0.05) is 0 Å². The summed E-state index contributed by atoms with van der Waals surface area (Å²) in [5.74, 6) is -3.77. The Morgan fingerprint density at radius 2 is 0.602 bits per heavy atom. The van der Waals surface area contributed by atoms with Crippen LogP contribution in [0.3, 0.4) is 0 Å². The number of nitrogens with one attached hydrogen (secondary N) is 3. The van der Waals surface area contributed by atoms with Crippen LogP contribution < -0.4 is 0 Å². The highest BCUT2D eigenvalue weighted by atomic mass is 19.1. The molecule has 0 amide bonds. The number of rotatable bonds is 12. The van der Waals surface area contributed by atoms with Gasteiger partial charge in [-0.25, -0.2) is 26.3 Å². The molecule has 6 saturated carbocycles. The molecule has 558 valence electrons. The summed E-state index contributed by atoms with van der Waals surface area (Å²) in [7, 11) is 0. The highest BCUT2D eigenvalue weighted by molar-refractivity contribution is 6.02. The summed E-state index contributed by atoms with van der Waals surface area (Å²) in [6, 6.07) is 25.1. The van der Waals surface area contributed by atoms with Crippen LogP contribution in [0.1, 0.15) is 185 Å². The van der Waals surface area contributed by atoms with Crippen molar-refractivity contribution < 1.29 is 70.3 Å². The summed E-state index contributed by atoms with van der Waals surface area (Å²) < 4.78 is 114. The van der Waals surface area contributed by atoms with E-state index in [0.29, 0.717) is 127 Å². The summed E-state index contributed by atoms with van der Waals surface area (Å²) in [6.45, 7) is 3.90. The second-order valence-corrected chi connectivity index (χ2v) is 32.9. The molecule has 9 heterocycles. The van der Waals surface area contributed by atoms with Gasteiger partial charge in [-0.2, -0.15) is 15.3 Å². The normalized spacial score (nSPS) is 26.4. The van der Waals surface area contributed by atoms with Gasteiger partial charge >= 0.3 is 17.9 Å². The number of fused-ring (bicyclic) bond motifs is 6. The Labute approximate surface area is 615 Å². The lowest BCUT2D eigenvalue weighted by atomic mass is 9.47. The minimum absolute atomic E-state index is 0.0551. The minimum Gasteiger partial charge on any atom is -0.481 e. The van der Waals surface area contributed by atoms with Gasteiger partial charge in [0, 0.05) is 124 Å². The maximum atomic E-state index is 16.2. The Morgan fingerprint density at radius 3 is 0.833 bits per heavy atom. The molecule has 6 N–H and O–H groups in total. The SMILES string of the molecule is O=C(O)C1CC2(C1)CC(c1c(C3CCOCC3)n(-c3ccc(F)cc3)c3cc4cn[nH]c4c(F)c13)C2.O=C(O)C1CC2(C1)CC(c1c(C3CCOCC3)n(-c3ccc(F)cc3)c3cc4cn[nH]c4c(F)c13)C2.O=C(O)C1CC2(C1)CC(c1c(C3CCOCC3)n(-c3ccc(F)cc3)c3cc4cn[nH]c4c(F)c13)C2. The number of carbonyl (C=O) groups is 3. The smallest absolute Gasteiger partial charge is 0.306 e. The first kappa shape index (κ1) is 68.7. The zero-order valence-electron chi connectivity index (χ0n) is 59.3. The van der Waals surface area contributed by atoms with Crippen molar-refractivity contribution in [2.24, 2.45) is 34.0 Å². The number of carboxylic acid groups (broad SMARTS) is 3. The van der Waals surface area contributed by atoms with Crippen LogP contribution in [0.25, 0.3) is 82.5 Å². The molecule has 108 heavy (non-hydrogen) atoms. The number of nitrogens with zero attached hydrogens (tertiary/aromatic N) is 6. The van der Waals surface area contributed by atoms with Crippen LogP contribution in [-0.2, 0) is 28.6 Å². The van der Waals surface area contributed by atoms with Crippen LogP contribution >= 0.6 is 0 Å². The van der Waals surface area contributed by atoms with E-state index in [9.17, 15) is 42.9 Å². The quantitative estimate of drug-likeness (QED) is 0.0626. The molecular weight excluding hydrogens is 1390 g/mol. The van der Waals surface area contributed by atoms with E-state index in [1.54, 1.807) is 55.0 Å². The van der Waals surface area contributed by atoms with E-state index < -0.39 is 17.9 Å². The van der Waals surface area contributed by atoms with Gasteiger partial charge in [0.05, 0.1) is 52.9 Å². The Kier molecular flexibility index (Phi) is 16.7. The summed E-state index contributed by atoms with van der Waals surface area (Å²) in [4.78, 5) is 34.3. The number of aromatic nitrogens is 9. The van der Waals surface area contributed by atoms with Crippen molar-refractivity contribution in [3.05, 3.63) is 178 Å². The topological polar surface area (TPSA) is 240 Å². The van der Waals surface area contributed by atoms with Crippen molar-refractivity contribution in [3.8, 4) is 17.1 Å². The molecule has 0 radical (unpaired) electrons. The fourth-order valence-corrected chi connectivity index (χ4v) is 21.6. The number of carboxylic acids is 3. The first-order valence-electron chi connectivity index (χ1n) is 38.1. The first-order chi connectivity index (χ1) is 52.3. The van der Waals surface area contributed by atoms with E-state index >= 15 is 13.2 Å². The second-order valence-electron chi connectivity index (χ2n) is 32.9. The maximum Gasteiger partial charge on any atom is 0.306 e. The van der Waals surface area contributed by atoms with Gasteiger partial charge in [0.15, 0.2) is 17.5 Å². The third-order valence-electron chi connectivity index (χ3n) is 26.6. The number of hydrogen-bond donors (Lipinski definition) is 6. The lowest BCUT2D eigenvalue weighted by molar-refractivity contribution is -0.156. The van der Waals surface area contributed by atoms with Gasteiger partial charge in [-0.05, 0) is 257 Å². The van der Waals surface area contributed by atoms with Gasteiger partial charge in [-0.15, -0.1) is 0 Å². The van der Waals surface area contributed by atoms with E-state index in [-0.39, 0.29) is 104 Å². The van der Waals surface area contributed by atoms with Crippen molar-refractivity contribution in [2.75, 3.05) is 39.6 Å². The summed E-state index contributed by atoms with van der Waals surface area (Å²) in [5.41, 5.74) is 12.4. The maximum absolute atomic E-state index is 16.2. The van der Waals surface area contributed by atoms with Gasteiger partial charge < -0.3 is 43.2 Å². The molecule has 3 aliphatic heterocycles. The van der Waals surface area contributed by atoms with Gasteiger partial charge in [0.25, 0.3) is 0 Å². The van der Waals surface area contributed by atoms with Crippen LogP contribution in [-0.4, -0.2) is 117 Å². The molecule has 0 bridgehead atoms. The summed E-state index contributed by atoms with van der Waals surface area (Å²) >= 11 is 0. The van der Waals surface area contributed by atoms with Crippen molar-refractivity contribution in [1.82, 2.24) is 44.3 Å². The molecule has 6 aliphatic carbocycles. The first-order valence-corrected chi connectivity index (χ1v) is 38.1. The fraction of sp³-hybridized carbons (Fsp3) is 0.429. The van der Waals surface area contributed by atoms with Crippen LogP contribution in [0.15, 0.2) is 110 Å². The van der Waals surface area contributed by atoms with Crippen LogP contribution in [0.4, 0.5) is 26.3 Å². The fourth-order valence-electron chi connectivity index (χ4n) is 21.6. The molecule has 6 aromatic carbocycles. The van der Waals surface area contributed by atoms with E-state index in [1.165, 1.54) is 36.4 Å². The number of halogens is 6. The molecular formula is C84H81F6N9O9. The van der Waals surface area contributed by atoms with E-state index in [0.717, 1.165) is 144 Å². The molecule has 21 rings (SSSR count). The molecule has 18 nitrogen and oxygen atoms in total. The monoisotopic (exact) mass is 1470 g/mol. The van der Waals surface area contributed by atoms with Crippen molar-refractivity contribution in [1.29, 1.82) is 0 Å². The molecule has 9 aliphatic rings. The Bertz CT molecular complexity index is 5000. The number of hydrogen-bond acceptors (Lipinski definition) is 9. The summed E-state index contributed by atoms with van der Waals surface area (Å²) in [6.07, 6.45) is 19.4. The highest BCUT2D eigenvalue weighted by Gasteiger charge is 2.59. The second kappa shape index (κ2) is 26.2. The summed E-state index contributed by atoms with van der Waals surface area (Å²) in [5, 5.41) is 52.8. The predicted molar refractivity (Wildman–Crippen MR) is 391 cm³/mol. The molecule has 24 heteroatoms. The predicted octanol–water partition coefficient (Wildman–Crippen LogP) is 18.1. The zero-order chi connectivity index (χ0) is 73.8. The lowest BCUT2D eigenvalue weighted by Crippen LogP contribution is -2.49. The number of ether oxygens (including phenoxy) is 3. The third-order valence-corrected chi connectivity index (χ3v) is 26.6. The van der Waals surface area contributed by atoms with E-state index in [4.69, 9.17) is 14.2 Å². The van der Waals surface area contributed by atoms with Crippen LogP contribution in [0.5, 0.6) is 0 Å². The number of aromatic amines is 3. The lowest BCUT2D eigenvalue weighted by Gasteiger charge is -2.57. The zero-order valence-corrected chi connectivity index (χ0v) is 59.3. The number of aliphatic carboxylic acids is 3. The Balaban J connectivity index is 0.000000110. The highest BCUT2D eigenvalue weighted by Crippen LogP contribution is 2.69. The van der Waals surface area contributed by atoms with Gasteiger partial charge in [0.2, 0.25) is 0 Å². The van der Waals surface area contributed by atoms with Gasteiger partial charge in [0.1, 0.15) is 34.0 Å². The van der Waals surface area contributed by atoms with Crippen LogP contribution in [0, 0.1) is 68.9 Å². The Hall–Kier alpha value is -9.78. The standard InChI is InChI=1S/3C28H27F2N3O3/c3*29-19-1-3-20(4-2-19)33-21-9-16-14-31-32-25(16)24(30)23(21)22(26(33)15-5-7-36-8-6-15)17-10-28(11-17)12-18(13-28)27(34)35/h3*1-4,9,14-15,17-18H,5-8,10-13H2,(H,31,32)(H,34,35). The van der Waals surface area contributed by atoms with Crippen molar-refractivity contribution in [2.45, 2.75) is 151 Å². The van der Waals surface area contributed by atoms with Gasteiger partial charge in [-0.3, -0.25) is 29.7 Å². The molecule has 9 fully saturated rings. The van der Waals surface area contributed by atoms with E-state index in [1.807, 2.05) is 18.2 Å². The van der Waals surface area contributed by atoms with Crippen LogP contribution in [0.2, 0.25) is 0 Å². The number of H-pyrrole nitrogens is 3. The third kappa shape index (κ3) is 11.3. The molecule has 0 atom stereocenters. The molecule has 6 aromatic heterocycles. The molecule has 0 unspecified atom stereocenters. The minimum atomic E-state index is -0.715. The molecule has 3 saturated heterocycles. The molecule has 3 spiro atoms. The Morgan fingerprint density at radius 1 is 0.361 bits per heavy atom. The van der Waals surface area contributed by atoms with Crippen molar-refractivity contribution >= 4 is 83.3 Å². The largest absolute Gasteiger partial charge is 0.481 e. The number of benzene rings is 6.